The van der Waals surface area contributed by atoms with Crippen molar-refractivity contribution in [1.29, 1.82) is 0 Å². The molecule has 2 aromatic heterocycles. The van der Waals surface area contributed by atoms with E-state index in [0.29, 0.717) is 10.8 Å². The SMILES string of the molecule is Nc1ccn(CCCSc2ncccc2Cl)n1. The Bertz CT molecular complexity index is 486. The average molecular weight is 269 g/mol. The van der Waals surface area contributed by atoms with Gasteiger partial charge in [-0.25, -0.2) is 4.98 Å². The third-order valence-corrected chi connectivity index (χ3v) is 3.66. The van der Waals surface area contributed by atoms with Crippen molar-refractivity contribution in [2.75, 3.05) is 11.5 Å². The minimum Gasteiger partial charge on any atom is -0.382 e. The van der Waals surface area contributed by atoms with Gasteiger partial charge in [0.2, 0.25) is 0 Å². The lowest BCUT2D eigenvalue weighted by Gasteiger charge is -2.03. The lowest BCUT2D eigenvalue weighted by molar-refractivity contribution is 0.608. The standard InChI is InChI=1S/C11H13ClN4S/c12-9-3-1-5-14-11(9)17-8-2-6-16-7-4-10(13)15-16/h1,3-5,7H,2,6,8H2,(H2,13,15). The fourth-order valence-electron chi connectivity index (χ4n) is 1.37. The number of anilines is 1. The maximum atomic E-state index is 6.01. The van der Waals surface area contributed by atoms with Crippen molar-refractivity contribution in [3.63, 3.8) is 0 Å². The highest BCUT2D eigenvalue weighted by molar-refractivity contribution is 7.99. The zero-order chi connectivity index (χ0) is 12.1. The number of aryl methyl sites for hydroxylation is 1. The van der Waals surface area contributed by atoms with Gasteiger partial charge in [-0.3, -0.25) is 4.68 Å². The average Bonchev–Trinajstić information content (AvgIpc) is 2.73. The summed E-state index contributed by atoms with van der Waals surface area (Å²) in [6, 6.07) is 5.48. The second kappa shape index (κ2) is 5.93. The largest absolute Gasteiger partial charge is 0.382 e. The predicted molar refractivity (Wildman–Crippen MR) is 71.2 cm³/mol. The van der Waals surface area contributed by atoms with Gasteiger partial charge in [-0.05, 0) is 24.6 Å². The van der Waals surface area contributed by atoms with Gasteiger partial charge in [-0.1, -0.05) is 11.6 Å². The molecule has 90 valence electrons. The molecule has 2 N–H and O–H groups in total. The van der Waals surface area contributed by atoms with Crippen LogP contribution in [0, 0.1) is 0 Å². The molecule has 0 aliphatic heterocycles. The van der Waals surface area contributed by atoms with Crippen LogP contribution in [0.25, 0.3) is 0 Å². The zero-order valence-electron chi connectivity index (χ0n) is 9.21. The van der Waals surface area contributed by atoms with Gasteiger partial charge in [0.25, 0.3) is 0 Å². The maximum Gasteiger partial charge on any atom is 0.145 e. The molecule has 0 unspecified atom stereocenters. The molecular weight excluding hydrogens is 256 g/mol. The van der Waals surface area contributed by atoms with Gasteiger partial charge < -0.3 is 5.73 Å². The summed E-state index contributed by atoms with van der Waals surface area (Å²) in [4.78, 5) is 4.22. The van der Waals surface area contributed by atoms with Gasteiger partial charge in [0, 0.05) is 24.7 Å². The van der Waals surface area contributed by atoms with Crippen LogP contribution in [-0.2, 0) is 6.54 Å². The fraction of sp³-hybridized carbons (Fsp3) is 0.273. The van der Waals surface area contributed by atoms with E-state index in [0.717, 1.165) is 23.7 Å². The van der Waals surface area contributed by atoms with Crippen LogP contribution in [0.3, 0.4) is 0 Å². The molecule has 4 nitrogen and oxygen atoms in total. The summed E-state index contributed by atoms with van der Waals surface area (Å²) < 4.78 is 1.84. The Morgan fingerprint density at radius 3 is 3.00 bits per heavy atom. The van der Waals surface area contributed by atoms with Crippen molar-refractivity contribution >= 4 is 29.2 Å². The Kier molecular flexibility index (Phi) is 4.28. The number of pyridine rings is 1. The molecule has 17 heavy (non-hydrogen) atoms. The second-order valence-electron chi connectivity index (χ2n) is 3.50. The van der Waals surface area contributed by atoms with Crippen LogP contribution in [0.2, 0.25) is 5.02 Å². The molecule has 2 heterocycles. The van der Waals surface area contributed by atoms with Crippen molar-refractivity contribution in [3.8, 4) is 0 Å². The highest BCUT2D eigenvalue weighted by atomic mass is 35.5. The Hall–Kier alpha value is -1.20. The van der Waals surface area contributed by atoms with E-state index in [1.165, 1.54) is 0 Å². The first-order valence-electron chi connectivity index (χ1n) is 5.28. The first-order valence-corrected chi connectivity index (χ1v) is 6.64. The number of thioether (sulfide) groups is 1. The summed E-state index contributed by atoms with van der Waals surface area (Å²) in [5, 5.41) is 5.71. The molecule has 0 spiro atoms. The highest BCUT2D eigenvalue weighted by Crippen LogP contribution is 2.24. The molecule has 0 aliphatic rings. The maximum absolute atomic E-state index is 6.01. The molecular formula is C11H13ClN4S. The van der Waals surface area contributed by atoms with Crippen molar-refractivity contribution < 1.29 is 0 Å². The van der Waals surface area contributed by atoms with Crippen molar-refractivity contribution in [3.05, 3.63) is 35.6 Å². The Morgan fingerprint density at radius 2 is 2.29 bits per heavy atom. The lowest BCUT2D eigenvalue weighted by atomic mass is 10.5. The van der Waals surface area contributed by atoms with E-state index in [-0.39, 0.29) is 0 Å². The monoisotopic (exact) mass is 268 g/mol. The number of aromatic nitrogens is 3. The van der Waals surface area contributed by atoms with Crippen LogP contribution >= 0.6 is 23.4 Å². The first kappa shape index (κ1) is 12.3. The summed E-state index contributed by atoms with van der Waals surface area (Å²) in [5.41, 5.74) is 5.53. The third-order valence-electron chi connectivity index (χ3n) is 2.16. The first-order chi connectivity index (χ1) is 8.25. The van der Waals surface area contributed by atoms with E-state index in [4.69, 9.17) is 17.3 Å². The number of hydrogen-bond donors (Lipinski definition) is 1. The highest BCUT2D eigenvalue weighted by Gasteiger charge is 2.01. The number of nitrogens with zero attached hydrogens (tertiary/aromatic N) is 3. The summed E-state index contributed by atoms with van der Waals surface area (Å²) >= 11 is 7.66. The fourth-order valence-corrected chi connectivity index (χ4v) is 2.47. The molecule has 0 bridgehead atoms. The molecule has 0 aliphatic carbocycles. The normalized spacial score (nSPS) is 10.6. The number of halogens is 1. The predicted octanol–water partition coefficient (Wildman–Crippen LogP) is 2.70. The number of nitrogens with two attached hydrogens (primary N) is 1. The minimum atomic E-state index is 0.561. The van der Waals surface area contributed by atoms with Crippen LogP contribution in [0.1, 0.15) is 6.42 Å². The third kappa shape index (κ3) is 3.64. The molecule has 2 rings (SSSR count). The summed E-state index contributed by atoms with van der Waals surface area (Å²) in [7, 11) is 0. The van der Waals surface area contributed by atoms with Crippen LogP contribution < -0.4 is 5.73 Å². The van der Waals surface area contributed by atoms with Crippen molar-refractivity contribution in [2.24, 2.45) is 0 Å². The minimum absolute atomic E-state index is 0.561. The lowest BCUT2D eigenvalue weighted by Crippen LogP contribution is -2.00. The molecule has 0 saturated carbocycles. The summed E-state index contributed by atoms with van der Waals surface area (Å²) in [6.07, 6.45) is 4.63. The van der Waals surface area contributed by atoms with E-state index in [1.807, 2.05) is 23.0 Å². The molecule has 0 aromatic carbocycles. The topological polar surface area (TPSA) is 56.7 Å². The van der Waals surface area contributed by atoms with E-state index in [9.17, 15) is 0 Å². The molecule has 0 radical (unpaired) electrons. The van der Waals surface area contributed by atoms with E-state index < -0.39 is 0 Å². The quantitative estimate of drug-likeness (QED) is 0.669. The Labute approximate surface area is 109 Å². The van der Waals surface area contributed by atoms with Gasteiger partial charge in [-0.15, -0.1) is 11.8 Å². The summed E-state index contributed by atoms with van der Waals surface area (Å²) in [6.45, 7) is 0.856. The van der Waals surface area contributed by atoms with Crippen molar-refractivity contribution in [1.82, 2.24) is 14.8 Å². The molecule has 0 amide bonds. The molecule has 6 heteroatoms. The Balaban J connectivity index is 1.75. The van der Waals surface area contributed by atoms with Crippen LogP contribution in [0.5, 0.6) is 0 Å². The molecule has 2 aromatic rings. The van der Waals surface area contributed by atoms with E-state index in [2.05, 4.69) is 10.1 Å². The second-order valence-corrected chi connectivity index (χ2v) is 4.99. The van der Waals surface area contributed by atoms with Crippen LogP contribution in [0.4, 0.5) is 5.82 Å². The smallest absolute Gasteiger partial charge is 0.145 e. The van der Waals surface area contributed by atoms with Gasteiger partial charge in [-0.2, -0.15) is 5.10 Å². The molecule has 0 fully saturated rings. The number of nitrogen functional groups attached to an aromatic ring is 1. The van der Waals surface area contributed by atoms with Gasteiger partial charge in [0.15, 0.2) is 0 Å². The zero-order valence-corrected chi connectivity index (χ0v) is 10.8. The Morgan fingerprint density at radius 1 is 1.41 bits per heavy atom. The molecule has 0 atom stereocenters. The van der Waals surface area contributed by atoms with Crippen molar-refractivity contribution in [2.45, 2.75) is 18.0 Å². The van der Waals surface area contributed by atoms with Gasteiger partial charge in [0.05, 0.1) is 5.02 Å². The van der Waals surface area contributed by atoms with Crippen LogP contribution in [-0.4, -0.2) is 20.5 Å². The van der Waals surface area contributed by atoms with Gasteiger partial charge in [0.1, 0.15) is 10.8 Å². The molecule has 0 saturated heterocycles. The van der Waals surface area contributed by atoms with E-state index >= 15 is 0 Å². The van der Waals surface area contributed by atoms with Gasteiger partial charge >= 0.3 is 0 Å². The van der Waals surface area contributed by atoms with Crippen LogP contribution in [0.15, 0.2) is 35.6 Å². The number of rotatable bonds is 5. The number of hydrogen-bond acceptors (Lipinski definition) is 4. The van der Waals surface area contributed by atoms with E-state index in [1.54, 1.807) is 24.0 Å². The summed E-state index contributed by atoms with van der Waals surface area (Å²) in [5.74, 6) is 1.52.